The van der Waals surface area contributed by atoms with Gasteiger partial charge in [-0.15, -0.1) is 0 Å². The van der Waals surface area contributed by atoms with Crippen LogP contribution < -0.4 is 5.32 Å². The Kier molecular flexibility index (Phi) is 2.40. The molecule has 0 spiro atoms. The van der Waals surface area contributed by atoms with Gasteiger partial charge in [-0.05, 0) is 39.5 Å². The van der Waals surface area contributed by atoms with Crippen molar-refractivity contribution in [3.8, 4) is 0 Å². The molecule has 0 heterocycles. The van der Waals surface area contributed by atoms with Crippen LogP contribution in [0.4, 0.5) is 4.39 Å². The van der Waals surface area contributed by atoms with Gasteiger partial charge in [-0.25, -0.2) is 4.39 Å². The molecule has 1 rings (SSSR count). The van der Waals surface area contributed by atoms with Crippen LogP contribution in [0.5, 0.6) is 0 Å². The number of amides is 1. The molecule has 0 saturated heterocycles. The fraction of sp³-hybridized carbons (Fsp3) is 0.889. The van der Waals surface area contributed by atoms with E-state index in [1.54, 1.807) is 0 Å². The summed E-state index contributed by atoms with van der Waals surface area (Å²) in [5.74, 6) is 0.0817. The fourth-order valence-electron chi connectivity index (χ4n) is 1.09. The van der Waals surface area contributed by atoms with Gasteiger partial charge in [0.2, 0.25) is 0 Å². The van der Waals surface area contributed by atoms with E-state index in [-0.39, 0.29) is 6.04 Å². The van der Waals surface area contributed by atoms with Crippen molar-refractivity contribution in [2.24, 2.45) is 5.92 Å². The molecular formula is C9H16FNO. The normalized spacial score (nSPS) is 20.3. The Labute approximate surface area is 72.5 Å². The van der Waals surface area contributed by atoms with E-state index in [0.717, 1.165) is 12.8 Å². The zero-order valence-electron chi connectivity index (χ0n) is 7.86. The van der Waals surface area contributed by atoms with Crippen molar-refractivity contribution in [1.82, 2.24) is 5.32 Å². The van der Waals surface area contributed by atoms with E-state index in [4.69, 9.17) is 0 Å². The molecule has 0 aromatic rings. The smallest absolute Gasteiger partial charge is 0.257 e. The summed E-state index contributed by atoms with van der Waals surface area (Å²) in [5, 5.41) is 2.67. The molecule has 1 aliphatic rings. The topological polar surface area (TPSA) is 29.1 Å². The summed E-state index contributed by atoms with van der Waals surface area (Å²) >= 11 is 0. The van der Waals surface area contributed by atoms with Crippen LogP contribution in [-0.2, 0) is 4.79 Å². The lowest BCUT2D eigenvalue weighted by Crippen LogP contribution is -2.44. The highest BCUT2D eigenvalue weighted by molar-refractivity contribution is 5.84. The maximum Gasteiger partial charge on any atom is 0.257 e. The molecule has 1 unspecified atom stereocenters. The minimum Gasteiger partial charge on any atom is -0.351 e. The van der Waals surface area contributed by atoms with Crippen LogP contribution in [0.2, 0.25) is 0 Å². The number of alkyl halides is 1. The fourth-order valence-corrected chi connectivity index (χ4v) is 1.09. The molecule has 0 bridgehead atoms. The highest BCUT2D eigenvalue weighted by Crippen LogP contribution is 2.32. The van der Waals surface area contributed by atoms with Crippen molar-refractivity contribution < 1.29 is 9.18 Å². The zero-order chi connectivity index (χ0) is 9.35. The summed E-state index contributed by atoms with van der Waals surface area (Å²) in [6, 6.07) is 0.132. The Morgan fingerprint density at radius 3 is 2.42 bits per heavy atom. The molecule has 1 amide bonds. The van der Waals surface area contributed by atoms with Crippen LogP contribution >= 0.6 is 0 Å². The SMILES string of the molecule is CC(NC(=O)C(C)(C)F)C1CC1. The van der Waals surface area contributed by atoms with Gasteiger partial charge >= 0.3 is 0 Å². The van der Waals surface area contributed by atoms with E-state index in [1.807, 2.05) is 6.92 Å². The molecule has 0 aliphatic heterocycles. The van der Waals surface area contributed by atoms with E-state index in [9.17, 15) is 9.18 Å². The molecule has 2 nitrogen and oxygen atoms in total. The number of carbonyl (C=O) groups excluding carboxylic acids is 1. The average molecular weight is 173 g/mol. The minimum atomic E-state index is -1.75. The van der Waals surface area contributed by atoms with Crippen LogP contribution in [0.1, 0.15) is 33.6 Å². The highest BCUT2D eigenvalue weighted by atomic mass is 19.1. The van der Waals surface area contributed by atoms with E-state index < -0.39 is 11.6 Å². The Balaban J connectivity index is 2.34. The van der Waals surface area contributed by atoms with Crippen LogP contribution in [-0.4, -0.2) is 17.6 Å². The van der Waals surface area contributed by atoms with Crippen LogP contribution in [0, 0.1) is 5.92 Å². The van der Waals surface area contributed by atoms with Gasteiger partial charge in [-0.2, -0.15) is 0 Å². The van der Waals surface area contributed by atoms with Gasteiger partial charge in [0.15, 0.2) is 5.67 Å². The Bertz CT molecular complexity index is 181. The van der Waals surface area contributed by atoms with Crippen molar-refractivity contribution in [2.45, 2.75) is 45.3 Å². The summed E-state index contributed by atoms with van der Waals surface area (Å²) < 4.78 is 13.0. The van der Waals surface area contributed by atoms with Crippen LogP contribution in [0.3, 0.4) is 0 Å². The lowest BCUT2D eigenvalue weighted by atomic mass is 10.1. The van der Waals surface area contributed by atoms with Gasteiger partial charge in [0.25, 0.3) is 5.91 Å². The molecule has 1 N–H and O–H groups in total. The molecule has 1 aliphatic carbocycles. The van der Waals surface area contributed by atoms with Gasteiger partial charge in [0.1, 0.15) is 0 Å². The Hall–Kier alpha value is -0.600. The molecule has 1 atom stereocenters. The third-order valence-electron chi connectivity index (χ3n) is 2.23. The van der Waals surface area contributed by atoms with Crippen molar-refractivity contribution in [3.63, 3.8) is 0 Å². The van der Waals surface area contributed by atoms with Crippen LogP contribution in [0.25, 0.3) is 0 Å². The second kappa shape index (κ2) is 3.04. The van der Waals surface area contributed by atoms with Gasteiger partial charge in [-0.3, -0.25) is 4.79 Å². The van der Waals surface area contributed by atoms with Gasteiger partial charge in [0, 0.05) is 6.04 Å². The van der Waals surface area contributed by atoms with Crippen molar-refractivity contribution >= 4 is 5.91 Å². The first-order valence-corrected chi connectivity index (χ1v) is 4.41. The molecule has 0 radical (unpaired) electrons. The number of rotatable bonds is 3. The molecular weight excluding hydrogens is 157 g/mol. The van der Waals surface area contributed by atoms with E-state index in [0.29, 0.717) is 5.92 Å². The first-order valence-electron chi connectivity index (χ1n) is 4.41. The largest absolute Gasteiger partial charge is 0.351 e. The number of carbonyl (C=O) groups is 1. The molecule has 70 valence electrons. The monoisotopic (exact) mass is 173 g/mol. The second-order valence-electron chi connectivity index (χ2n) is 4.07. The highest BCUT2D eigenvalue weighted by Gasteiger charge is 2.33. The van der Waals surface area contributed by atoms with Crippen LogP contribution in [0.15, 0.2) is 0 Å². The van der Waals surface area contributed by atoms with Crippen molar-refractivity contribution in [2.75, 3.05) is 0 Å². The van der Waals surface area contributed by atoms with Gasteiger partial charge < -0.3 is 5.32 Å². The van der Waals surface area contributed by atoms with E-state index in [1.165, 1.54) is 13.8 Å². The first kappa shape index (κ1) is 9.49. The summed E-state index contributed by atoms with van der Waals surface area (Å²) in [7, 11) is 0. The van der Waals surface area contributed by atoms with Gasteiger partial charge in [0.05, 0.1) is 0 Å². The van der Waals surface area contributed by atoms with Gasteiger partial charge in [-0.1, -0.05) is 0 Å². The molecule has 1 saturated carbocycles. The summed E-state index contributed by atoms with van der Waals surface area (Å²) in [6.07, 6.45) is 2.32. The summed E-state index contributed by atoms with van der Waals surface area (Å²) in [5.41, 5.74) is -1.75. The predicted molar refractivity (Wildman–Crippen MR) is 45.5 cm³/mol. The molecule has 3 heteroatoms. The number of halogens is 1. The first-order chi connectivity index (χ1) is 5.41. The summed E-state index contributed by atoms with van der Waals surface area (Å²) in [6.45, 7) is 4.49. The standard InChI is InChI=1S/C9H16FNO/c1-6(7-4-5-7)11-8(12)9(2,3)10/h6-7H,4-5H2,1-3H3,(H,11,12). The average Bonchev–Trinajstić information content (AvgIpc) is 2.65. The zero-order valence-corrected chi connectivity index (χ0v) is 7.86. The van der Waals surface area contributed by atoms with Crippen molar-refractivity contribution in [1.29, 1.82) is 0 Å². The second-order valence-corrected chi connectivity index (χ2v) is 4.07. The Morgan fingerprint density at radius 2 is 2.08 bits per heavy atom. The maximum atomic E-state index is 13.0. The van der Waals surface area contributed by atoms with Crippen molar-refractivity contribution in [3.05, 3.63) is 0 Å². The molecule has 12 heavy (non-hydrogen) atoms. The predicted octanol–water partition coefficient (Wildman–Crippen LogP) is 1.65. The quantitative estimate of drug-likeness (QED) is 0.690. The summed E-state index contributed by atoms with van der Waals surface area (Å²) in [4.78, 5) is 11.1. The Morgan fingerprint density at radius 1 is 1.58 bits per heavy atom. The number of hydrogen-bond acceptors (Lipinski definition) is 1. The number of nitrogens with one attached hydrogen (secondary N) is 1. The molecule has 0 aromatic heterocycles. The lowest BCUT2D eigenvalue weighted by Gasteiger charge is -2.18. The van der Waals surface area contributed by atoms with E-state index >= 15 is 0 Å². The maximum absolute atomic E-state index is 13.0. The van der Waals surface area contributed by atoms with E-state index in [2.05, 4.69) is 5.32 Å². The third-order valence-corrected chi connectivity index (χ3v) is 2.23. The molecule has 1 fully saturated rings. The molecule has 0 aromatic carbocycles. The minimum absolute atomic E-state index is 0.132. The number of hydrogen-bond donors (Lipinski definition) is 1. The third kappa shape index (κ3) is 2.47. The lowest BCUT2D eigenvalue weighted by molar-refractivity contribution is -0.131.